The molecule has 2 N–H and O–H groups in total. The molecular formula is C16H30N2. The van der Waals surface area contributed by atoms with Gasteiger partial charge in [-0.25, -0.2) is 0 Å². The summed E-state index contributed by atoms with van der Waals surface area (Å²) in [6.07, 6.45) is 13.0. The van der Waals surface area contributed by atoms with Gasteiger partial charge >= 0.3 is 0 Å². The number of nitrogens with zero attached hydrogens (tertiary/aromatic N) is 1. The van der Waals surface area contributed by atoms with E-state index in [9.17, 15) is 0 Å². The molecule has 1 aliphatic heterocycles. The van der Waals surface area contributed by atoms with E-state index in [1.54, 1.807) is 0 Å². The van der Waals surface area contributed by atoms with Gasteiger partial charge in [0, 0.05) is 18.1 Å². The molecule has 3 fully saturated rings. The summed E-state index contributed by atoms with van der Waals surface area (Å²) in [5, 5.41) is 0. The van der Waals surface area contributed by atoms with E-state index >= 15 is 0 Å². The number of hydrogen-bond acceptors (Lipinski definition) is 2. The van der Waals surface area contributed by atoms with Gasteiger partial charge in [-0.2, -0.15) is 0 Å². The van der Waals surface area contributed by atoms with Crippen LogP contribution in [0, 0.1) is 11.8 Å². The van der Waals surface area contributed by atoms with E-state index in [0.717, 1.165) is 24.4 Å². The van der Waals surface area contributed by atoms with Crippen LogP contribution in [0.5, 0.6) is 0 Å². The summed E-state index contributed by atoms with van der Waals surface area (Å²) in [7, 11) is 0. The molecule has 0 bridgehead atoms. The van der Waals surface area contributed by atoms with Gasteiger partial charge in [-0.1, -0.05) is 32.1 Å². The Hall–Kier alpha value is -0.0800. The zero-order chi connectivity index (χ0) is 12.6. The van der Waals surface area contributed by atoms with Gasteiger partial charge in [-0.05, 0) is 51.0 Å². The molecule has 0 radical (unpaired) electrons. The summed E-state index contributed by atoms with van der Waals surface area (Å²) in [5.74, 6) is 1.97. The molecule has 3 rings (SSSR count). The molecule has 0 aromatic carbocycles. The molecular weight excluding hydrogens is 220 g/mol. The number of fused-ring (bicyclic) bond motifs is 1. The molecule has 3 unspecified atom stereocenters. The minimum Gasteiger partial charge on any atom is -0.329 e. The molecule has 0 amide bonds. The van der Waals surface area contributed by atoms with E-state index in [0.29, 0.717) is 5.54 Å². The van der Waals surface area contributed by atoms with E-state index in [1.807, 2.05) is 0 Å². The molecule has 104 valence electrons. The summed E-state index contributed by atoms with van der Waals surface area (Å²) in [4.78, 5) is 2.83. The smallest absolute Gasteiger partial charge is 0.0309 e. The minimum absolute atomic E-state index is 0.293. The zero-order valence-corrected chi connectivity index (χ0v) is 12.0. The molecule has 0 aromatic rings. The van der Waals surface area contributed by atoms with E-state index < -0.39 is 0 Å². The average molecular weight is 250 g/mol. The lowest BCUT2D eigenvalue weighted by molar-refractivity contribution is 0.0373. The zero-order valence-electron chi connectivity index (χ0n) is 12.0. The van der Waals surface area contributed by atoms with Crippen molar-refractivity contribution in [2.75, 3.05) is 13.1 Å². The molecule has 1 heterocycles. The Labute approximate surface area is 112 Å². The molecule has 2 saturated carbocycles. The summed E-state index contributed by atoms with van der Waals surface area (Å²) in [6.45, 7) is 4.62. The Morgan fingerprint density at radius 2 is 1.83 bits per heavy atom. The number of rotatable bonds is 4. The summed E-state index contributed by atoms with van der Waals surface area (Å²) in [6, 6.07) is 0.868. The highest BCUT2D eigenvalue weighted by atomic mass is 15.3. The number of nitrogens with two attached hydrogens (primary N) is 1. The fraction of sp³-hybridized carbons (Fsp3) is 1.00. The SMILES string of the molecule is CC(CN)(CC1CCC1)N1CCC2CCCCC21. The largest absolute Gasteiger partial charge is 0.329 e. The summed E-state index contributed by atoms with van der Waals surface area (Å²) in [5.41, 5.74) is 6.49. The third kappa shape index (κ3) is 2.22. The molecule has 3 atom stereocenters. The predicted octanol–water partition coefficient (Wildman–Crippen LogP) is 3.16. The number of likely N-dealkylation sites (tertiary alicyclic amines) is 1. The maximum absolute atomic E-state index is 6.19. The highest BCUT2D eigenvalue weighted by Crippen LogP contribution is 2.43. The van der Waals surface area contributed by atoms with Gasteiger partial charge in [0.05, 0.1) is 0 Å². The van der Waals surface area contributed by atoms with Gasteiger partial charge < -0.3 is 5.73 Å². The fourth-order valence-electron chi connectivity index (χ4n) is 4.71. The first-order valence-corrected chi connectivity index (χ1v) is 8.20. The number of hydrogen-bond donors (Lipinski definition) is 1. The second kappa shape index (κ2) is 5.13. The Kier molecular flexibility index (Phi) is 3.68. The highest BCUT2D eigenvalue weighted by Gasteiger charge is 2.44. The highest BCUT2D eigenvalue weighted by molar-refractivity contribution is 5.00. The van der Waals surface area contributed by atoms with Crippen molar-refractivity contribution in [1.29, 1.82) is 0 Å². The van der Waals surface area contributed by atoms with Crippen molar-refractivity contribution in [3.63, 3.8) is 0 Å². The van der Waals surface area contributed by atoms with Gasteiger partial charge in [0.2, 0.25) is 0 Å². The van der Waals surface area contributed by atoms with Gasteiger partial charge in [0.1, 0.15) is 0 Å². The van der Waals surface area contributed by atoms with Crippen LogP contribution in [0.25, 0.3) is 0 Å². The van der Waals surface area contributed by atoms with Crippen molar-refractivity contribution in [2.45, 2.75) is 76.3 Å². The van der Waals surface area contributed by atoms with Gasteiger partial charge in [-0.3, -0.25) is 4.90 Å². The van der Waals surface area contributed by atoms with Crippen molar-refractivity contribution in [3.05, 3.63) is 0 Å². The Morgan fingerprint density at radius 1 is 1.06 bits per heavy atom. The second-order valence-electron chi connectivity index (χ2n) is 7.30. The molecule has 2 heteroatoms. The van der Waals surface area contributed by atoms with Crippen molar-refractivity contribution in [3.8, 4) is 0 Å². The van der Waals surface area contributed by atoms with Gasteiger partial charge in [0.25, 0.3) is 0 Å². The first-order chi connectivity index (χ1) is 8.73. The van der Waals surface area contributed by atoms with Crippen molar-refractivity contribution in [2.24, 2.45) is 17.6 Å². The van der Waals surface area contributed by atoms with Crippen molar-refractivity contribution >= 4 is 0 Å². The van der Waals surface area contributed by atoms with Crippen LogP contribution >= 0.6 is 0 Å². The topological polar surface area (TPSA) is 29.3 Å². The fourth-order valence-corrected chi connectivity index (χ4v) is 4.71. The Bertz CT molecular complexity index is 287. The maximum atomic E-state index is 6.19. The van der Waals surface area contributed by atoms with Crippen LogP contribution in [0.2, 0.25) is 0 Å². The van der Waals surface area contributed by atoms with E-state index in [1.165, 1.54) is 64.3 Å². The van der Waals surface area contributed by atoms with Crippen LogP contribution in [-0.2, 0) is 0 Å². The van der Waals surface area contributed by atoms with Crippen molar-refractivity contribution in [1.82, 2.24) is 4.90 Å². The first-order valence-electron chi connectivity index (χ1n) is 8.20. The van der Waals surface area contributed by atoms with Crippen molar-refractivity contribution < 1.29 is 0 Å². The van der Waals surface area contributed by atoms with Crippen LogP contribution in [0.4, 0.5) is 0 Å². The lowest BCUT2D eigenvalue weighted by atomic mass is 9.75. The van der Waals surface area contributed by atoms with Crippen LogP contribution in [0.3, 0.4) is 0 Å². The molecule has 3 aliphatic rings. The van der Waals surface area contributed by atoms with Gasteiger partial charge in [0.15, 0.2) is 0 Å². The van der Waals surface area contributed by atoms with Crippen LogP contribution in [-0.4, -0.2) is 29.6 Å². The third-order valence-electron chi connectivity index (χ3n) is 6.10. The summed E-state index contributed by atoms with van der Waals surface area (Å²) >= 11 is 0. The van der Waals surface area contributed by atoms with Crippen LogP contribution < -0.4 is 5.73 Å². The molecule has 2 nitrogen and oxygen atoms in total. The quantitative estimate of drug-likeness (QED) is 0.830. The van der Waals surface area contributed by atoms with E-state index in [2.05, 4.69) is 11.8 Å². The van der Waals surface area contributed by atoms with Crippen LogP contribution in [0.1, 0.15) is 64.7 Å². The summed E-state index contributed by atoms with van der Waals surface area (Å²) < 4.78 is 0. The monoisotopic (exact) mass is 250 g/mol. The Morgan fingerprint density at radius 3 is 2.50 bits per heavy atom. The molecule has 1 saturated heterocycles. The van der Waals surface area contributed by atoms with E-state index in [-0.39, 0.29) is 0 Å². The van der Waals surface area contributed by atoms with Crippen LogP contribution in [0.15, 0.2) is 0 Å². The lowest BCUT2D eigenvalue weighted by Crippen LogP contribution is -2.56. The van der Waals surface area contributed by atoms with E-state index in [4.69, 9.17) is 5.73 Å². The standard InChI is InChI=1S/C16H30N2/c1-16(12-17,11-13-5-4-6-13)18-10-9-14-7-2-3-8-15(14)18/h13-15H,2-12,17H2,1H3. The molecule has 0 spiro atoms. The lowest BCUT2D eigenvalue weighted by Gasteiger charge is -2.47. The second-order valence-corrected chi connectivity index (χ2v) is 7.30. The molecule has 18 heavy (non-hydrogen) atoms. The normalized spacial score (nSPS) is 37.0. The first kappa shape index (κ1) is 12.9. The molecule has 0 aromatic heterocycles. The van der Waals surface area contributed by atoms with Gasteiger partial charge in [-0.15, -0.1) is 0 Å². The minimum atomic E-state index is 0.293. The predicted molar refractivity (Wildman–Crippen MR) is 76.5 cm³/mol. The average Bonchev–Trinajstić information content (AvgIpc) is 2.78. The Balaban J connectivity index is 1.69. The maximum Gasteiger partial charge on any atom is 0.0309 e. The third-order valence-corrected chi connectivity index (χ3v) is 6.10. The molecule has 2 aliphatic carbocycles.